The third kappa shape index (κ3) is 3.97. The van der Waals surface area contributed by atoms with Crippen molar-refractivity contribution in [2.45, 2.75) is 39.3 Å². The van der Waals surface area contributed by atoms with E-state index in [2.05, 4.69) is 15.3 Å². The summed E-state index contributed by atoms with van der Waals surface area (Å²) in [5.74, 6) is 0. The summed E-state index contributed by atoms with van der Waals surface area (Å²) in [5.41, 5.74) is 3.64. The van der Waals surface area contributed by atoms with Crippen molar-refractivity contribution >= 4 is 50.4 Å². The van der Waals surface area contributed by atoms with E-state index < -0.39 is 11.7 Å². The quantitative estimate of drug-likeness (QED) is 0.423. The van der Waals surface area contributed by atoms with Crippen LogP contribution < -0.4 is 5.32 Å². The summed E-state index contributed by atoms with van der Waals surface area (Å²) in [6.07, 6.45) is 1.26. The van der Waals surface area contributed by atoms with Gasteiger partial charge in [-0.2, -0.15) is 0 Å². The molecule has 4 aromatic rings. The first-order valence-corrected chi connectivity index (χ1v) is 10.7. The fourth-order valence-electron chi connectivity index (χ4n) is 3.18. The number of halogens is 1. The van der Waals surface area contributed by atoms with Crippen molar-refractivity contribution in [3.8, 4) is 10.6 Å². The molecule has 0 bridgehead atoms. The predicted octanol–water partition coefficient (Wildman–Crippen LogP) is 5.48. The first kappa shape index (κ1) is 20.6. The van der Waals surface area contributed by atoms with E-state index in [1.807, 2.05) is 63.6 Å². The van der Waals surface area contributed by atoms with E-state index in [9.17, 15) is 4.79 Å². The fraction of sp³-hybridized carbons (Fsp3) is 0.333. The molecule has 1 amide bonds. The number of aryl methyl sites for hydroxylation is 1. The van der Waals surface area contributed by atoms with Crippen LogP contribution in [-0.4, -0.2) is 31.2 Å². The van der Waals surface area contributed by atoms with Gasteiger partial charge in [-0.25, -0.2) is 19.7 Å². The van der Waals surface area contributed by atoms with Gasteiger partial charge in [-0.15, -0.1) is 0 Å². The molecular weight excluding hydrogens is 422 g/mol. The number of aromatic nitrogens is 4. The van der Waals surface area contributed by atoms with Crippen molar-refractivity contribution in [3.05, 3.63) is 41.3 Å². The third-order valence-corrected chi connectivity index (χ3v) is 5.79. The van der Waals surface area contributed by atoms with Crippen molar-refractivity contribution in [3.63, 3.8) is 0 Å². The van der Waals surface area contributed by atoms with Gasteiger partial charge in [0.25, 0.3) is 0 Å². The van der Waals surface area contributed by atoms with Gasteiger partial charge in [0.2, 0.25) is 0 Å². The first-order valence-electron chi connectivity index (χ1n) is 9.49. The standard InChI is InChI=1S/C21H22ClN5O2S/c1-11(24-20(28)29-21(2,3)4)12-7-6-8-13(9-12)18-25-15-16-14(23-10-27(16)5)17(22)26-19(15)30-18/h6-11H,1-5H3,(H,24,28)/t11-/m1/s1. The highest BCUT2D eigenvalue weighted by Gasteiger charge is 2.20. The van der Waals surface area contributed by atoms with Crippen LogP contribution in [0.1, 0.15) is 39.3 Å². The molecule has 0 aliphatic heterocycles. The number of rotatable bonds is 3. The normalized spacial score (nSPS) is 13.0. The molecule has 0 saturated carbocycles. The van der Waals surface area contributed by atoms with Crippen LogP contribution in [0.4, 0.5) is 4.79 Å². The van der Waals surface area contributed by atoms with Crippen LogP contribution in [0, 0.1) is 0 Å². The molecule has 3 heterocycles. The number of carbonyl (C=O) groups excluding carboxylic acids is 1. The molecule has 4 rings (SSSR count). The Morgan fingerprint density at radius 1 is 1.27 bits per heavy atom. The van der Waals surface area contributed by atoms with Crippen molar-refractivity contribution in [2.24, 2.45) is 7.05 Å². The highest BCUT2D eigenvalue weighted by atomic mass is 35.5. The van der Waals surface area contributed by atoms with Crippen LogP contribution in [-0.2, 0) is 11.8 Å². The van der Waals surface area contributed by atoms with Gasteiger partial charge in [-0.3, -0.25) is 0 Å². The lowest BCUT2D eigenvalue weighted by atomic mass is 10.1. The van der Waals surface area contributed by atoms with Crippen LogP contribution in [0.5, 0.6) is 0 Å². The maximum Gasteiger partial charge on any atom is 0.408 e. The third-order valence-electron chi connectivity index (χ3n) is 4.53. The number of pyridine rings is 1. The molecule has 1 aromatic carbocycles. The van der Waals surface area contributed by atoms with E-state index >= 15 is 0 Å². The number of benzene rings is 1. The topological polar surface area (TPSA) is 81.9 Å². The lowest BCUT2D eigenvalue weighted by molar-refractivity contribution is 0.0508. The van der Waals surface area contributed by atoms with Crippen LogP contribution in [0.2, 0.25) is 5.15 Å². The number of imidazole rings is 1. The lowest BCUT2D eigenvalue weighted by Gasteiger charge is -2.22. The van der Waals surface area contributed by atoms with Gasteiger partial charge < -0.3 is 14.6 Å². The SMILES string of the molecule is C[C@@H](NC(=O)OC(C)(C)C)c1cccc(-c2nc3c(nc(Cl)c4ncn(C)c43)s2)c1. The molecule has 7 nitrogen and oxygen atoms in total. The van der Waals surface area contributed by atoms with E-state index in [1.54, 1.807) is 6.33 Å². The molecule has 0 aliphatic rings. The fourth-order valence-corrected chi connectivity index (χ4v) is 4.39. The van der Waals surface area contributed by atoms with E-state index in [0.717, 1.165) is 32.0 Å². The van der Waals surface area contributed by atoms with Crippen LogP contribution >= 0.6 is 22.9 Å². The second-order valence-electron chi connectivity index (χ2n) is 8.12. The Morgan fingerprint density at radius 3 is 2.77 bits per heavy atom. The molecule has 0 spiro atoms. The predicted molar refractivity (Wildman–Crippen MR) is 120 cm³/mol. The minimum absolute atomic E-state index is 0.217. The number of ether oxygens (including phenoxy) is 1. The van der Waals surface area contributed by atoms with Crippen LogP contribution in [0.25, 0.3) is 32.0 Å². The molecule has 3 aromatic heterocycles. The molecule has 1 atom stereocenters. The zero-order valence-corrected chi connectivity index (χ0v) is 18.9. The summed E-state index contributed by atoms with van der Waals surface area (Å²) in [4.78, 5) is 26.5. The molecule has 1 N–H and O–H groups in total. The Balaban J connectivity index is 1.67. The molecule has 0 saturated heterocycles. The smallest absolute Gasteiger partial charge is 0.408 e. The van der Waals surface area contributed by atoms with Gasteiger partial charge in [0.1, 0.15) is 32.0 Å². The summed E-state index contributed by atoms with van der Waals surface area (Å²) in [7, 11) is 1.91. The molecule has 0 fully saturated rings. The van der Waals surface area contributed by atoms with Gasteiger partial charge in [0.15, 0.2) is 5.15 Å². The van der Waals surface area contributed by atoms with Gasteiger partial charge in [-0.1, -0.05) is 41.1 Å². The Kier molecular flexibility index (Phi) is 5.15. The van der Waals surface area contributed by atoms with Crippen LogP contribution in [0.3, 0.4) is 0 Å². The molecule has 9 heteroatoms. The second kappa shape index (κ2) is 7.52. The lowest BCUT2D eigenvalue weighted by Crippen LogP contribution is -2.34. The van der Waals surface area contributed by atoms with Gasteiger partial charge >= 0.3 is 6.09 Å². The maximum atomic E-state index is 12.1. The largest absolute Gasteiger partial charge is 0.444 e. The van der Waals surface area contributed by atoms with Gasteiger partial charge in [0, 0.05) is 12.6 Å². The molecule has 0 unspecified atom stereocenters. The van der Waals surface area contributed by atoms with Crippen LogP contribution in [0.15, 0.2) is 30.6 Å². The average Bonchev–Trinajstić information content (AvgIpc) is 3.24. The number of hydrogen-bond donors (Lipinski definition) is 1. The van der Waals surface area contributed by atoms with Gasteiger partial charge in [0.05, 0.1) is 12.4 Å². The number of nitrogens with zero attached hydrogens (tertiary/aromatic N) is 4. The molecular formula is C21H22ClN5O2S. The molecule has 30 heavy (non-hydrogen) atoms. The van der Waals surface area contributed by atoms with E-state index in [1.165, 1.54) is 11.3 Å². The van der Waals surface area contributed by atoms with Gasteiger partial charge in [-0.05, 0) is 39.3 Å². The zero-order chi connectivity index (χ0) is 21.6. The molecule has 0 radical (unpaired) electrons. The summed E-state index contributed by atoms with van der Waals surface area (Å²) < 4.78 is 7.25. The monoisotopic (exact) mass is 443 g/mol. The number of alkyl carbamates (subject to hydrolysis) is 1. The number of carbonyl (C=O) groups is 1. The average molecular weight is 444 g/mol. The van der Waals surface area contributed by atoms with Crippen molar-refractivity contribution < 1.29 is 9.53 Å². The minimum atomic E-state index is -0.544. The Hall–Kier alpha value is -2.71. The summed E-state index contributed by atoms with van der Waals surface area (Å²) >= 11 is 7.78. The number of nitrogens with one attached hydrogen (secondary N) is 1. The van der Waals surface area contributed by atoms with E-state index in [0.29, 0.717) is 10.7 Å². The number of fused-ring (bicyclic) bond motifs is 3. The Labute approximate surface area is 183 Å². The Morgan fingerprint density at radius 2 is 2.03 bits per heavy atom. The highest BCUT2D eigenvalue weighted by Crippen LogP contribution is 2.35. The second-order valence-corrected chi connectivity index (χ2v) is 9.46. The van der Waals surface area contributed by atoms with Crippen molar-refractivity contribution in [1.29, 1.82) is 0 Å². The highest BCUT2D eigenvalue weighted by molar-refractivity contribution is 7.21. The first-order chi connectivity index (χ1) is 14.1. The number of hydrogen-bond acceptors (Lipinski definition) is 6. The summed E-state index contributed by atoms with van der Waals surface area (Å²) in [6.45, 7) is 7.43. The Bertz CT molecular complexity index is 1260. The van der Waals surface area contributed by atoms with E-state index in [4.69, 9.17) is 21.3 Å². The zero-order valence-electron chi connectivity index (χ0n) is 17.4. The summed E-state index contributed by atoms with van der Waals surface area (Å²) in [6, 6.07) is 7.70. The van der Waals surface area contributed by atoms with E-state index in [-0.39, 0.29) is 6.04 Å². The van der Waals surface area contributed by atoms with Crippen molar-refractivity contribution in [2.75, 3.05) is 0 Å². The number of thiazole rings is 1. The molecule has 156 valence electrons. The maximum absolute atomic E-state index is 12.1. The summed E-state index contributed by atoms with van der Waals surface area (Å²) in [5, 5.41) is 4.07. The van der Waals surface area contributed by atoms with Crippen molar-refractivity contribution in [1.82, 2.24) is 24.8 Å². The minimum Gasteiger partial charge on any atom is -0.444 e. The number of amides is 1. The molecule has 0 aliphatic carbocycles.